The smallest absolute Gasteiger partial charge is 0.115 e. The van der Waals surface area contributed by atoms with E-state index in [1.165, 1.54) is 5.56 Å². The molecule has 124 valence electrons. The SMILES string of the molecule is C[C@@H]1CN(CCCc2ccco2)CC[C@@]1(C)c1cccc(O)c1. The van der Waals surface area contributed by atoms with Gasteiger partial charge >= 0.3 is 0 Å². The van der Waals surface area contributed by atoms with E-state index in [2.05, 4.69) is 30.9 Å². The Balaban J connectivity index is 1.56. The molecule has 0 spiro atoms. The van der Waals surface area contributed by atoms with E-state index in [9.17, 15) is 5.11 Å². The lowest BCUT2D eigenvalue weighted by molar-refractivity contribution is 0.110. The van der Waals surface area contributed by atoms with Gasteiger partial charge in [-0.1, -0.05) is 26.0 Å². The van der Waals surface area contributed by atoms with E-state index in [1.807, 2.05) is 18.2 Å². The van der Waals surface area contributed by atoms with Crippen LogP contribution in [0, 0.1) is 5.92 Å². The van der Waals surface area contributed by atoms with Crippen molar-refractivity contribution in [1.82, 2.24) is 4.90 Å². The Kier molecular flexibility index (Phi) is 4.76. The van der Waals surface area contributed by atoms with Crippen LogP contribution in [-0.2, 0) is 11.8 Å². The summed E-state index contributed by atoms with van der Waals surface area (Å²) in [5.74, 6) is 2.03. The number of nitrogens with zero attached hydrogens (tertiary/aromatic N) is 1. The van der Waals surface area contributed by atoms with E-state index >= 15 is 0 Å². The van der Waals surface area contributed by atoms with Crippen LogP contribution in [0.4, 0.5) is 0 Å². The van der Waals surface area contributed by atoms with E-state index in [1.54, 1.807) is 12.3 Å². The molecule has 3 heteroatoms. The van der Waals surface area contributed by atoms with Crippen molar-refractivity contribution in [3.8, 4) is 5.75 Å². The first-order valence-corrected chi connectivity index (χ1v) is 8.62. The normalized spacial score (nSPS) is 25.6. The zero-order valence-electron chi connectivity index (χ0n) is 14.2. The third-order valence-electron chi connectivity index (χ3n) is 5.55. The van der Waals surface area contributed by atoms with Gasteiger partial charge in [0, 0.05) is 13.0 Å². The number of likely N-dealkylation sites (tertiary alicyclic amines) is 1. The second-order valence-corrected chi connectivity index (χ2v) is 7.10. The van der Waals surface area contributed by atoms with Crippen molar-refractivity contribution in [3.05, 3.63) is 54.0 Å². The summed E-state index contributed by atoms with van der Waals surface area (Å²) in [5.41, 5.74) is 1.41. The topological polar surface area (TPSA) is 36.6 Å². The number of aryl methyl sites for hydroxylation is 1. The Hall–Kier alpha value is -1.74. The molecule has 0 bridgehead atoms. The van der Waals surface area contributed by atoms with Gasteiger partial charge in [0.25, 0.3) is 0 Å². The van der Waals surface area contributed by atoms with Crippen molar-refractivity contribution < 1.29 is 9.52 Å². The summed E-state index contributed by atoms with van der Waals surface area (Å²) >= 11 is 0. The van der Waals surface area contributed by atoms with Crippen LogP contribution >= 0.6 is 0 Å². The molecule has 1 aromatic heterocycles. The molecular formula is C20H27NO2. The standard InChI is InChI=1S/C20H27NO2/c1-16-15-21(11-4-8-19-9-5-13-23-19)12-10-20(16,2)17-6-3-7-18(22)14-17/h3,5-7,9,13-14,16,22H,4,8,10-12,15H2,1-2H3/t16-,20-/m1/s1. The van der Waals surface area contributed by atoms with Crippen molar-refractivity contribution in [3.63, 3.8) is 0 Å². The van der Waals surface area contributed by atoms with Crippen LogP contribution < -0.4 is 0 Å². The van der Waals surface area contributed by atoms with Gasteiger partial charge in [0.1, 0.15) is 11.5 Å². The molecule has 0 amide bonds. The number of rotatable bonds is 5. The highest BCUT2D eigenvalue weighted by Gasteiger charge is 2.37. The van der Waals surface area contributed by atoms with Crippen LogP contribution in [-0.4, -0.2) is 29.6 Å². The van der Waals surface area contributed by atoms with Gasteiger partial charge in [-0.05, 0) is 67.1 Å². The third kappa shape index (κ3) is 3.61. The molecule has 0 radical (unpaired) electrons. The van der Waals surface area contributed by atoms with E-state index in [-0.39, 0.29) is 5.41 Å². The van der Waals surface area contributed by atoms with Gasteiger partial charge < -0.3 is 14.4 Å². The van der Waals surface area contributed by atoms with Gasteiger partial charge in [-0.2, -0.15) is 0 Å². The van der Waals surface area contributed by atoms with Gasteiger partial charge in [-0.25, -0.2) is 0 Å². The summed E-state index contributed by atoms with van der Waals surface area (Å²) in [6, 6.07) is 11.8. The fourth-order valence-corrected chi connectivity index (χ4v) is 3.74. The highest BCUT2D eigenvalue weighted by molar-refractivity contribution is 5.33. The minimum atomic E-state index is 0.149. The zero-order valence-corrected chi connectivity index (χ0v) is 14.2. The van der Waals surface area contributed by atoms with Crippen LogP contribution in [0.3, 0.4) is 0 Å². The molecule has 2 aromatic rings. The molecular weight excluding hydrogens is 286 g/mol. The quantitative estimate of drug-likeness (QED) is 0.898. The summed E-state index contributed by atoms with van der Waals surface area (Å²) < 4.78 is 5.40. The first kappa shape index (κ1) is 16.1. The number of benzene rings is 1. The average Bonchev–Trinajstić information content (AvgIpc) is 3.04. The number of phenolic OH excluding ortho intramolecular Hbond substituents is 1. The molecule has 3 rings (SSSR count). The number of aromatic hydroxyl groups is 1. The van der Waals surface area contributed by atoms with Crippen LogP contribution in [0.15, 0.2) is 47.1 Å². The Morgan fingerprint density at radius 2 is 2.17 bits per heavy atom. The highest BCUT2D eigenvalue weighted by atomic mass is 16.3. The van der Waals surface area contributed by atoms with Gasteiger partial charge in [0.2, 0.25) is 0 Å². The molecule has 0 unspecified atom stereocenters. The van der Waals surface area contributed by atoms with E-state index in [0.717, 1.165) is 44.7 Å². The van der Waals surface area contributed by atoms with Gasteiger partial charge in [0.05, 0.1) is 6.26 Å². The predicted molar refractivity (Wildman–Crippen MR) is 92.7 cm³/mol. The lowest BCUT2D eigenvalue weighted by Gasteiger charge is -2.45. The maximum atomic E-state index is 9.78. The van der Waals surface area contributed by atoms with Crippen LogP contribution in [0.25, 0.3) is 0 Å². The molecule has 2 atom stereocenters. The summed E-state index contributed by atoms with van der Waals surface area (Å²) in [7, 11) is 0. The lowest BCUT2D eigenvalue weighted by Crippen LogP contribution is -2.47. The summed E-state index contributed by atoms with van der Waals surface area (Å²) in [5, 5.41) is 9.78. The molecule has 3 nitrogen and oxygen atoms in total. The second kappa shape index (κ2) is 6.79. The number of piperidine rings is 1. The molecule has 2 heterocycles. The fourth-order valence-electron chi connectivity index (χ4n) is 3.74. The molecule has 0 saturated carbocycles. The van der Waals surface area contributed by atoms with Crippen LogP contribution in [0.5, 0.6) is 5.75 Å². The summed E-state index contributed by atoms with van der Waals surface area (Å²) in [6.07, 6.45) is 5.04. The van der Waals surface area contributed by atoms with Gasteiger partial charge in [-0.3, -0.25) is 0 Å². The van der Waals surface area contributed by atoms with Crippen molar-refractivity contribution in [2.75, 3.05) is 19.6 Å². The molecule has 1 aliphatic heterocycles. The fraction of sp³-hybridized carbons (Fsp3) is 0.500. The Morgan fingerprint density at radius 3 is 2.87 bits per heavy atom. The molecule has 23 heavy (non-hydrogen) atoms. The maximum Gasteiger partial charge on any atom is 0.115 e. The van der Waals surface area contributed by atoms with Crippen molar-refractivity contribution in [2.24, 2.45) is 5.92 Å². The molecule has 1 fully saturated rings. The minimum Gasteiger partial charge on any atom is -0.508 e. The predicted octanol–water partition coefficient (Wildman–Crippen LogP) is 4.22. The first-order chi connectivity index (χ1) is 11.1. The Bertz CT molecular complexity index is 622. The highest BCUT2D eigenvalue weighted by Crippen LogP contribution is 2.40. The lowest BCUT2D eigenvalue weighted by atomic mass is 9.68. The minimum absolute atomic E-state index is 0.149. The molecule has 1 N–H and O–H groups in total. The van der Waals surface area contributed by atoms with Crippen LogP contribution in [0.2, 0.25) is 0 Å². The number of furan rings is 1. The molecule has 0 aliphatic carbocycles. The van der Waals surface area contributed by atoms with Crippen molar-refractivity contribution in [1.29, 1.82) is 0 Å². The maximum absolute atomic E-state index is 9.78. The van der Waals surface area contributed by atoms with E-state index in [0.29, 0.717) is 11.7 Å². The van der Waals surface area contributed by atoms with Gasteiger partial charge in [0.15, 0.2) is 0 Å². The van der Waals surface area contributed by atoms with Crippen LogP contribution in [0.1, 0.15) is 38.0 Å². The van der Waals surface area contributed by atoms with Crippen molar-refractivity contribution >= 4 is 0 Å². The monoisotopic (exact) mass is 313 g/mol. The molecule has 1 saturated heterocycles. The molecule has 1 aromatic carbocycles. The average molecular weight is 313 g/mol. The second-order valence-electron chi connectivity index (χ2n) is 7.10. The van der Waals surface area contributed by atoms with Crippen molar-refractivity contribution in [2.45, 2.75) is 38.5 Å². The summed E-state index contributed by atoms with van der Waals surface area (Å²) in [4.78, 5) is 2.57. The Morgan fingerprint density at radius 1 is 1.30 bits per heavy atom. The number of hydrogen-bond donors (Lipinski definition) is 1. The number of hydrogen-bond acceptors (Lipinski definition) is 3. The largest absolute Gasteiger partial charge is 0.508 e. The zero-order chi connectivity index (χ0) is 16.3. The summed E-state index contributed by atoms with van der Waals surface area (Å²) in [6.45, 7) is 8.04. The van der Waals surface area contributed by atoms with Gasteiger partial charge in [-0.15, -0.1) is 0 Å². The van der Waals surface area contributed by atoms with E-state index < -0.39 is 0 Å². The van der Waals surface area contributed by atoms with E-state index in [4.69, 9.17) is 4.42 Å². The third-order valence-corrected chi connectivity index (χ3v) is 5.55. The molecule has 1 aliphatic rings. The first-order valence-electron chi connectivity index (χ1n) is 8.62. The Labute approximate surface area is 138 Å². The number of phenols is 1.